The van der Waals surface area contributed by atoms with Crippen LogP contribution in [0.3, 0.4) is 0 Å². The van der Waals surface area contributed by atoms with Crippen LogP contribution in [-0.4, -0.2) is 46.5 Å². The Kier molecular flexibility index (Phi) is 7.93. The van der Waals surface area contributed by atoms with Crippen LogP contribution in [0.1, 0.15) is 20.3 Å². The van der Waals surface area contributed by atoms with Crippen molar-refractivity contribution in [1.82, 2.24) is 0 Å². The molecule has 0 saturated carbocycles. The Hall–Kier alpha value is -0.260. The second kappa shape index (κ2) is 8.08. The van der Waals surface area contributed by atoms with E-state index in [1.165, 1.54) is 11.8 Å². The van der Waals surface area contributed by atoms with Gasteiger partial charge < -0.3 is 14.9 Å². The Labute approximate surface area is 88.6 Å². The molecule has 2 atom stereocenters. The number of carbonyl (C=O) groups is 1. The van der Waals surface area contributed by atoms with Gasteiger partial charge in [-0.15, -0.1) is 11.8 Å². The molecule has 0 aliphatic rings. The first-order valence-corrected chi connectivity index (χ1v) is 5.69. The zero-order valence-corrected chi connectivity index (χ0v) is 9.42. The first-order chi connectivity index (χ1) is 6.57. The molecule has 0 spiro atoms. The number of hydrogen-bond donors (Lipinski definition) is 2. The molecular weight excluding hydrogens is 204 g/mol. The lowest BCUT2D eigenvalue weighted by Crippen LogP contribution is -2.15. The summed E-state index contributed by atoms with van der Waals surface area (Å²) in [5.74, 6) is -0.00865. The number of thioether (sulfide) groups is 1. The van der Waals surface area contributed by atoms with Crippen molar-refractivity contribution in [2.45, 2.75) is 31.6 Å². The van der Waals surface area contributed by atoms with Gasteiger partial charge in [0.2, 0.25) is 0 Å². The largest absolute Gasteiger partial charge is 0.480 e. The van der Waals surface area contributed by atoms with E-state index >= 15 is 0 Å². The van der Waals surface area contributed by atoms with Gasteiger partial charge in [0, 0.05) is 6.61 Å². The lowest BCUT2D eigenvalue weighted by Gasteiger charge is -2.10. The maximum Gasteiger partial charge on any atom is 0.316 e. The van der Waals surface area contributed by atoms with E-state index in [4.69, 9.17) is 14.9 Å². The summed E-state index contributed by atoms with van der Waals surface area (Å²) >= 11 is 1.40. The molecule has 14 heavy (non-hydrogen) atoms. The second-order valence-electron chi connectivity index (χ2n) is 3.07. The average Bonchev–Trinajstić information content (AvgIpc) is 2.16. The molecule has 0 heterocycles. The number of ether oxygens (including phenoxy) is 1. The van der Waals surface area contributed by atoms with E-state index in [9.17, 15) is 4.79 Å². The molecule has 84 valence electrons. The molecule has 0 aromatic carbocycles. The Morgan fingerprint density at radius 2 is 2.14 bits per heavy atom. The van der Waals surface area contributed by atoms with Gasteiger partial charge in [0.15, 0.2) is 0 Å². The van der Waals surface area contributed by atoms with Crippen LogP contribution < -0.4 is 0 Å². The molecule has 5 heteroatoms. The summed E-state index contributed by atoms with van der Waals surface area (Å²) in [5.41, 5.74) is 0. The minimum absolute atomic E-state index is 0.0265. The Morgan fingerprint density at radius 3 is 2.64 bits per heavy atom. The molecule has 0 fully saturated rings. The molecule has 0 aromatic rings. The predicted octanol–water partition coefficient (Wildman–Crippen LogP) is 0.980. The van der Waals surface area contributed by atoms with Gasteiger partial charge in [0.1, 0.15) is 0 Å². The van der Waals surface area contributed by atoms with E-state index in [1.807, 2.05) is 0 Å². The summed E-state index contributed by atoms with van der Waals surface area (Å²) in [7, 11) is 0. The molecule has 0 amide bonds. The molecular formula is C9H18O4S. The molecule has 0 rings (SSSR count). The molecule has 0 aromatic heterocycles. The summed E-state index contributed by atoms with van der Waals surface area (Å²) in [6.07, 6.45) is 0.684. The Balaban J connectivity index is 3.25. The highest BCUT2D eigenvalue weighted by Crippen LogP contribution is 2.11. The Morgan fingerprint density at radius 1 is 1.50 bits per heavy atom. The molecule has 0 radical (unpaired) electrons. The number of carboxylic acid groups (broad SMARTS) is 1. The normalized spacial score (nSPS) is 15.1. The zero-order chi connectivity index (χ0) is 11.0. The summed E-state index contributed by atoms with van der Waals surface area (Å²) in [6.45, 7) is 4.07. The van der Waals surface area contributed by atoms with E-state index in [2.05, 4.69) is 0 Å². The van der Waals surface area contributed by atoms with Gasteiger partial charge in [-0.1, -0.05) is 0 Å². The second-order valence-corrected chi connectivity index (χ2v) is 4.52. The van der Waals surface area contributed by atoms with Crippen LogP contribution in [0.15, 0.2) is 0 Å². The average molecular weight is 222 g/mol. The fourth-order valence-electron chi connectivity index (χ4n) is 0.728. The fourth-order valence-corrected chi connectivity index (χ4v) is 1.51. The quantitative estimate of drug-likeness (QED) is 0.599. The van der Waals surface area contributed by atoms with Crippen LogP contribution in [-0.2, 0) is 9.53 Å². The number of aliphatic carboxylic acids is 1. The van der Waals surface area contributed by atoms with Crippen LogP contribution in [0.25, 0.3) is 0 Å². The molecule has 2 unspecified atom stereocenters. The standard InChI is InChI=1S/C9H18O4S/c1-7(6-10)13-4-3-5-14-8(2)9(11)12/h7-8,10H,3-6H2,1-2H3,(H,11,12). The smallest absolute Gasteiger partial charge is 0.316 e. The van der Waals surface area contributed by atoms with Crippen LogP contribution >= 0.6 is 11.8 Å². The van der Waals surface area contributed by atoms with E-state index in [0.29, 0.717) is 6.61 Å². The van der Waals surface area contributed by atoms with Gasteiger partial charge in [-0.25, -0.2) is 0 Å². The third kappa shape index (κ3) is 7.17. The van der Waals surface area contributed by atoms with Crippen molar-refractivity contribution in [2.24, 2.45) is 0 Å². The van der Waals surface area contributed by atoms with E-state index in [-0.39, 0.29) is 18.0 Å². The minimum Gasteiger partial charge on any atom is -0.480 e. The van der Waals surface area contributed by atoms with Gasteiger partial charge >= 0.3 is 5.97 Å². The first kappa shape index (κ1) is 13.7. The minimum atomic E-state index is -0.778. The highest BCUT2D eigenvalue weighted by atomic mass is 32.2. The van der Waals surface area contributed by atoms with E-state index in [0.717, 1.165) is 12.2 Å². The summed E-state index contributed by atoms with van der Waals surface area (Å²) in [6, 6.07) is 0. The van der Waals surface area contributed by atoms with E-state index < -0.39 is 5.97 Å². The molecule has 4 nitrogen and oxygen atoms in total. The van der Waals surface area contributed by atoms with Gasteiger partial charge in [-0.3, -0.25) is 4.79 Å². The highest BCUT2D eigenvalue weighted by molar-refractivity contribution is 8.00. The third-order valence-corrected chi connectivity index (χ3v) is 2.89. The molecule has 0 aliphatic heterocycles. The number of carboxylic acids is 1. The molecule has 0 aliphatic carbocycles. The molecule has 2 N–H and O–H groups in total. The van der Waals surface area contributed by atoms with Gasteiger partial charge in [-0.2, -0.15) is 0 Å². The predicted molar refractivity (Wildman–Crippen MR) is 56.7 cm³/mol. The van der Waals surface area contributed by atoms with Gasteiger partial charge in [0.05, 0.1) is 18.0 Å². The van der Waals surface area contributed by atoms with E-state index in [1.54, 1.807) is 13.8 Å². The lowest BCUT2D eigenvalue weighted by atomic mass is 10.4. The summed E-state index contributed by atoms with van der Waals surface area (Å²) in [4.78, 5) is 10.4. The first-order valence-electron chi connectivity index (χ1n) is 4.64. The van der Waals surface area contributed by atoms with Crippen LogP contribution in [0.5, 0.6) is 0 Å². The maximum atomic E-state index is 10.4. The Bertz CT molecular complexity index is 163. The number of aliphatic hydroxyl groups is 1. The topological polar surface area (TPSA) is 66.8 Å². The van der Waals surface area contributed by atoms with Gasteiger partial charge in [0.25, 0.3) is 0 Å². The zero-order valence-electron chi connectivity index (χ0n) is 8.60. The number of rotatable bonds is 8. The maximum absolute atomic E-state index is 10.4. The summed E-state index contributed by atoms with van der Waals surface area (Å²) in [5, 5.41) is 16.9. The van der Waals surface area contributed by atoms with Crippen LogP contribution in [0, 0.1) is 0 Å². The molecule has 0 bridgehead atoms. The lowest BCUT2D eigenvalue weighted by molar-refractivity contribution is -0.136. The monoisotopic (exact) mass is 222 g/mol. The van der Waals surface area contributed by atoms with Crippen LogP contribution in [0.2, 0.25) is 0 Å². The van der Waals surface area contributed by atoms with Crippen LogP contribution in [0.4, 0.5) is 0 Å². The third-order valence-electron chi connectivity index (χ3n) is 1.66. The number of hydrogen-bond acceptors (Lipinski definition) is 4. The van der Waals surface area contributed by atoms with Crippen molar-refractivity contribution in [3.8, 4) is 0 Å². The molecule has 0 saturated heterocycles. The summed E-state index contributed by atoms with van der Waals surface area (Å²) < 4.78 is 5.22. The highest BCUT2D eigenvalue weighted by Gasteiger charge is 2.10. The van der Waals surface area contributed by atoms with Crippen molar-refractivity contribution in [2.75, 3.05) is 19.0 Å². The SMILES string of the molecule is CC(CO)OCCCSC(C)C(=O)O. The van der Waals surface area contributed by atoms with Gasteiger partial charge in [-0.05, 0) is 26.0 Å². The number of aliphatic hydroxyl groups excluding tert-OH is 1. The van der Waals surface area contributed by atoms with Crippen molar-refractivity contribution < 1.29 is 19.7 Å². The fraction of sp³-hybridized carbons (Fsp3) is 0.889. The van der Waals surface area contributed by atoms with Crippen molar-refractivity contribution in [1.29, 1.82) is 0 Å². The van der Waals surface area contributed by atoms with Crippen molar-refractivity contribution in [3.05, 3.63) is 0 Å². The van der Waals surface area contributed by atoms with Crippen molar-refractivity contribution in [3.63, 3.8) is 0 Å². The van der Waals surface area contributed by atoms with Crippen molar-refractivity contribution >= 4 is 17.7 Å².